The Morgan fingerprint density at radius 2 is 1.59 bits per heavy atom. The molecule has 1 amide bonds. The number of hydrogen-bond acceptors (Lipinski definition) is 3. The van der Waals surface area contributed by atoms with Crippen LogP contribution in [0.15, 0.2) is 73.1 Å². The van der Waals surface area contributed by atoms with Crippen molar-refractivity contribution in [1.29, 1.82) is 0 Å². The van der Waals surface area contributed by atoms with E-state index >= 15 is 0 Å². The highest BCUT2D eigenvalue weighted by Gasteiger charge is 2.11. The minimum absolute atomic E-state index is 0.102. The average molecular weight is 361 g/mol. The number of nitrogens with one attached hydrogen (secondary N) is 1. The van der Waals surface area contributed by atoms with Gasteiger partial charge in [-0.25, -0.2) is 0 Å². The summed E-state index contributed by atoms with van der Waals surface area (Å²) >= 11 is 0. The number of ether oxygens (including phenoxy) is 1. The molecule has 138 valence electrons. The number of anilines is 1. The topological polar surface area (TPSA) is 46.5 Å². The first kappa shape index (κ1) is 17.5. The van der Waals surface area contributed by atoms with E-state index in [0.29, 0.717) is 5.56 Å². The van der Waals surface area contributed by atoms with Gasteiger partial charge in [-0.2, -0.15) is 0 Å². The maximum absolute atomic E-state index is 12.5. The molecule has 0 bridgehead atoms. The third kappa shape index (κ3) is 4.45. The van der Waals surface area contributed by atoms with Crippen LogP contribution in [0.4, 0.5) is 5.69 Å². The van der Waals surface area contributed by atoms with Gasteiger partial charge in [0.05, 0.1) is 13.2 Å². The van der Waals surface area contributed by atoms with Crippen LogP contribution >= 0.6 is 0 Å². The smallest absolute Gasteiger partial charge is 0.255 e. The van der Waals surface area contributed by atoms with Crippen LogP contribution in [0, 0.1) is 0 Å². The molecule has 5 heteroatoms. The highest BCUT2D eigenvalue weighted by atomic mass is 16.5. The molecular weight excluding hydrogens is 338 g/mol. The molecule has 1 aliphatic rings. The molecule has 2 aromatic carbocycles. The van der Waals surface area contributed by atoms with Crippen molar-refractivity contribution in [3.63, 3.8) is 0 Å². The van der Waals surface area contributed by atoms with Gasteiger partial charge in [0, 0.05) is 49.0 Å². The van der Waals surface area contributed by atoms with Gasteiger partial charge in [-0.05, 0) is 54.1 Å². The van der Waals surface area contributed by atoms with Gasteiger partial charge in [0.1, 0.15) is 0 Å². The Morgan fingerprint density at radius 3 is 2.26 bits per heavy atom. The second-order valence-corrected chi connectivity index (χ2v) is 6.68. The summed E-state index contributed by atoms with van der Waals surface area (Å²) in [6.45, 7) is 4.46. The number of morpholine rings is 1. The lowest BCUT2D eigenvalue weighted by Crippen LogP contribution is -2.35. The lowest BCUT2D eigenvalue weighted by molar-refractivity contribution is 0.0342. The van der Waals surface area contributed by atoms with E-state index in [2.05, 4.69) is 22.3 Å². The zero-order valence-electron chi connectivity index (χ0n) is 15.2. The van der Waals surface area contributed by atoms with Crippen LogP contribution in [0.1, 0.15) is 15.9 Å². The van der Waals surface area contributed by atoms with Crippen LogP contribution in [-0.4, -0.2) is 41.7 Å². The number of nitrogens with zero attached hydrogens (tertiary/aromatic N) is 2. The number of amides is 1. The highest BCUT2D eigenvalue weighted by Crippen LogP contribution is 2.15. The van der Waals surface area contributed by atoms with Gasteiger partial charge in [0.25, 0.3) is 5.91 Å². The van der Waals surface area contributed by atoms with Crippen molar-refractivity contribution in [2.45, 2.75) is 6.54 Å². The number of carbonyl (C=O) groups is 1. The molecule has 1 N–H and O–H groups in total. The normalized spacial score (nSPS) is 14.8. The van der Waals surface area contributed by atoms with E-state index in [-0.39, 0.29) is 5.91 Å². The molecule has 0 radical (unpaired) electrons. The summed E-state index contributed by atoms with van der Waals surface area (Å²) in [6, 6.07) is 19.6. The number of benzene rings is 2. The molecular formula is C22H23N3O2. The van der Waals surface area contributed by atoms with Crippen molar-refractivity contribution in [2.24, 2.45) is 0 Å². The molecule has 3 aromatic rings. The minimum atomic E-state index is -0.102. The lowest BCUT2D eigenvalue weighted by atomic mass is 10.1. The summed E-state index contributed by atoms with van der Waals surface area (Å²) in [7, 11) is 0. The van der Waals surface area contributed by atoms with Gasteiger partial charge in [-0.1, -0.05) is 12.1 Å². The van der Waals surface area contributed by atoms with Crippen LogP contribution < -0.4 is 5.32 Å². The van der Waals surface area contributed by atoms with E-state index in [1.54, 1.807) is 0 Å². The van der Waals surface area contributed by atoms with Gasteiger partial charge in [-0.3, -0.25) is 9.69 Å². The molecule has 0 aliphatic carbocycles. The number of carbonyl (C=O) groups excluding carboxylic acids is 1. The summed E-state index contributed by atoms with van der Waals surface area (Å²) in [5.74, 6) is -0.102. The fourth-order valence-corrected chi connectivity index (χ4v) is 3.21. The summed E-state index contributed by atoms with van der Waals surface area (Å²) in [5.41, 5.74) is 3.72. The maximum Gasteiger partial charge on any atom is 0.255 e. The summed E-state index contributed by atoms with van der Waals surface area (Å²) < 4.78 is 7.39. The highest BCUT2D eigenvalue weighted by molar-refractivity contribution is 6.04. The Morgan fingerprint density at radius 1 is 0.926 bits per heavy atom. The molecule has 2 heterocycles. The first-order valence-corrected chi connectivity index (χ1v) is 9.22. The van der Waals surface area contributed by atoms with E-state index in [1.807, 2.05) is 65.5 Å². The van der Waals surface area contributed by atoms with Crippen LogP contribution in [0.25, 0.3) is 5.69 Å². The maximum atomic E-state index is 12.5. The number of aromatic nitrogens is 1. The first-order chi connectivity index (χ1) is 13.3. The molecule has 0 spiro atoms. The predicted octanol–water partition coefficient (Wildman–Crippen LogP) is 3.56. The molecule has 0 saturated carbocycles. The quantitative estimate of drug-likeness (QED) is 0.756. The van der Waals surface area contributed by atoms with Crippen LogP contribution in [-0.2, 0) is 11.3 Å². The average Bonchev–Trinajstić information content (AvgIpc) is 3.25. The Bertz CT molecular complexity index is 865. The van der Waals surface area contributed by atoms with Crippen molar-refractivity contribution in [3.8, 4) is 5.69 Å². The van der Waals surface area contributed by atoms with Crippen LogP contribution in [0.3, 0.4) is 0 Å². The fourth-order valence-electron chi connectivity index (χ4n) is 3.21. The first-order valence-electron chi connectivity index (χ1n) is 9.22. The molecule has 27 heavy (non-hydrogen) atoms. The molecule has 1 aromatic heterocycles. The third-order valence-electron chi connectivity index (χ3n) is 4.75. The van der Waals surface area contributed by atoms with Gasteiger partial charge in [-0.15, -0.1) is 0 Å². The molecule has 0 unspecified atom stereocenters. The zero-order chi connectivity index (χ0) is 18.5. The van der Waals surface area contributed by atoms with Gasteiger partial charge < -0.3 is 14.6 Å². The van der Waals surface area contributed by atoms with Crippen molar-refractivity contribution in [2.75, 3.05) is 31.6 Å². The van der Waals surface area contributed by atoms with Crippen molar-refractivity contribution in [3.05, 3.63) is 84.2 Å². The van der Waals surface area contributed by atoms with E-state index in [0.717, 1.165) is 44.2 Å². The third-order valence-corrected chi connectivity index (χ3v) is 4.75. The van der Waals surface area contributed by atoms with Crippen molar-refractivity contribution >= 4 is 11.6 Å². The van der Waals surface area contributed by atoms with Crippen LogP contribution in [0.5, 0.6) is 0 Å². The Hall–Kier alpha value is -2.89. The number of hydrogen-bond donors (Lipinski definition) is 1. The zero-order valence-corrected chi connectivity index (χ0v) is 15.2. The van der Waals surface area contributed by atoms with Gasteiger partial charge >= 0.3 is 0 Å². The van der Waals surface area contributed by atoms with E-state index < -0.39 is 0 Å². The summed E-state index contributed by atoms with van der Waals surface area (Å²) in [6.07, 6.45) is 3.96. The predicted molar refractivity (Wildman–Crippen MR) is 106 cm³/mol. The number of rotatable bonds is 5. The molecule has 5 nitrogen and oxygen atoms in total. The second kappa shape index (κ2) is 8.20. The standard InChI is InChI=1S/C22H23N3O2/c26-22(19-5-9-21(10-6-19)25-11-1-2-12-25)23-20-7-3-18(4-8-20)17-24-13-15-27-16-14-24/h1-12H,13-17H2,(H,23,26). The van der Waals surface area contributed by atoms with Gasteiger partial charge in [0.15, 0.2) is 0 Å². The Labute approximate surface area is 159 Å². The van der Waals surface area contributed by atoms with E-state index in [9.17, 15) is 4.79 Å². The molecule has 1 saturated heterocycles. The Kier molecular flexibility index (Phi) is 5.32. The summed E-state index contributed by atoms with van der Waals surface area (Å²) in [4.78, 5) is 14.9. The Balaban J connectivity index is 1.36. The monoisotopic (exact) mass is 361 g/mol. The SMILES string of the molecule is O=C(Nc1ccc(CN2CCOCC2)cc1)c1ccc(-n2cccc2)cc1. The fraction of sp³-hybridized carbons (Fsp3) is 0.227. The van der Waals surface area contributed by atoms with Crippen LogP contribution in [0.2, 0.25) is 0 Å². The van der Waals surface area contributed by atoms with E-state index in [4.69, 9.17) is 4.74 Å². The van der Waals surface area contributed by atoms with Gasteiger partial charge in [0.2, 0.25) is 0 Å². The molecule has 4 rings (SSSR count). The largest absolute Gasteiger partial charge is 0.379 e. The van der Waals surface area contributed by atoms with E-state index in [1.165, 1.54) is 5.56 Å². The second-order valence-electron chi connectivity index (χ2n) is 6.68. The minimum Gasteiger partial charge on any atom is -0.379 e. The van der Waals surface area contributed by atoms with Crippen molar-refractivity contribution < 1.29 is 9.53 Å². The van der Waals surface area contributed by atoms with Crippen molar-refractivity contribution in [1.82, 2.24) is 9.47 Å². The molecule has 1 fully saturated rings. The molecule has 0 atom stereocenters. The summed E-state index contributed by atoms with van der Waals surface area (Å²) in [5, 5.41) is 2.96. The lowest BCUT2D eigenvalue weighted by Gasteiger charge is -2.26. The molecule has 1 aliphatic heterocycles.